The molecule has 2 aromatic carbocycles. The van der Waals surface area contributed by atoms with Crippen LogP contribution >= 0.6 is 11.3 Å². The van der Waals surface area contributed by atoms with Gasteiger partial charge in [-0.15, -0.1) is 11.3 Å². The third kappa shape index (κ3) is 9.60. The van der Waals surface area contributed by atoms with Gasteiger partial charge in [0.25, 0.3) is 11.8 Å². The maximum atomic E-state index is 13.5. The fourth-order valence-corrected chi connectivity index (χ4v) is 6.80. The highest BCUT2D eigenvalue weighted by Gasteiger charge is 2.29. The van der Waals surface area contributed by atoms with Crippen LogP contribution in [0.15, 0.2) is 48.5 Å². The van der Waals surface area contributed by atoms with Crippen molar-refractivity contribution in [3.8, 4) is 11.5 Å². The van der Waals surface area contributed by atoms with Crippen LogP contribution in [0.25, 0.3) is 0 Å². The van der Waals surface area contributed by atoms with E-state index in [1.807, 2.05) is 48.5 Å². The second-order valence-electron chi connectivity index (χ2n) is 14.5. The molecule has 0 radical (unpaired) electrons. The molecule has 3 unspecified atom stereocenters. The third-order valence-corrected chi connectivity index (χ3v) is 9.54. The van der Waals surface area contributed by atoms with E-state index in [9.17, 15) is 14.4 Å². The zero-order valence-corrected chi connectivity index (χ0v) is 30.1. The van der Waals surface area contributed by atoms with Gasteiger partial charge >= 0.3 is 5.97 Å². The van der Waals surface area contributed by atoms with Crippen molar-refractivity contribution in [2.24, 2.45) is 5.92 Å². The molecule has 0 saturated heterocycles. The fourth-order valence-electron chi connectivity index (χ4n) is 5.39. The number of rotatable bonds is 11. The predicted octanol–water partition coefficient (Wildman–Crippen LogP) is 7.61. The number of fused-ring (bicyclic) bond motifs is 1. The van der Waals surface area contributed by atoms with Crippen molar-refractivity contribution in [1.82, 2.24) is 5.32 Å². The lowest BCUT2D eigenvalue weighted by molar-refractivity contribution is -0.150. The Morgan fingerprint density at radius 1 is 0.851 bits per heavy atom. The molecule has 0 saturated carbocycles. The average molecular weight is 663 g/mol. The Kier molecular flexibility index (Phi) is 11.4. The van der Waals surface area contributed by atoms with Crippen LogP contribution in [0.3, 0.4) is 0 Å². The van der Waals surface area contributed by atoms with E-state index in [-0.39, 0.29) is 35.8 Å². The van der Waals surface area contributed by atoms with Crippen molar-refractivity contribution in [1.29, 1.82) is 0 Å². The molecule has 3 atom stereocenters. The molecule has 1 aromatic heterocycles. The number of carbonyl (C=O) groups is 3. The summed E-state index contributed by atoms with van der Waals surface area (Å²) < 4.78 is 17.1. The minimum Gasteiger partial charge on any atom is -0.481 e. The van der Waals surface area contributed by atoms with Crippen molar-refractivity contribution >= 4 is 34.1 Å². The summed E-state index contributed by atoms with van der Waals surface area (Å²) in [7, 11) is 0. The molecule has 9 heteroatoms. The number of amides is 2. The van der Waals surface area contributed by atoms with Crippen LogP contribution in [0.1, 0.15) is 101 Å². The lowest BCUT2D eigenvalue weighted by Gasteiger charge is -2.20. The zero-order chi connectivity index (χ0) is 34.5. The summed E-state index contributed by atoms with van der Waals surface area (Å²) in [6.07, 6.45) is 1.01. The van der Waals surface area contributed by atoms with E-state index < -0.39 is 18.2 Å². The van der Waals surface area contributed by atoms with Crippen LogP contribution in [0.5, 0.6) is 11.5 Å². The first-order valence-electron chi connectivity index (χ1n) is 16.5. The van der Waals surface area contributed by atoms with Gasteiger partial charge in [0.2, 0.25) is 0 Å². The number of hydrogen-bond donors (Lipinski definition) is 2. The largest absolute Gasteiger partial charge is 0.481 e. The first kappa shape index (κ1) is 36.0. The normalized spacial score (nSPS) is 16.0. The highest BCUT2D eigenvalue weighted by Crippen LogP contribution is 2.40. The minimum absolute atomic E-state index is 0.00876. The maximum absolute atomic E-state index is 13.5. The number of esters is 1. The van der Waals surface area contributed by atoms with Gasteiger partial charge in [0, 0.05) is 4.88 Å². The molecular weight excluding hydrogens is 612 g/mol. The molecule has 3 aromatic rings. The lowest BCUT2D eigenvalue weighted by atomic mass is 9.87. The van der Waals surface area contributed by atoms with E-state index in [4.69, 9.17) is 14.2 Å². The Labute approximate surface area is 283 Å². The Balaban J connectivity index is 1.33. The third-order valence-electron chi connectivity index (χ3n) is 8.37. The van der Waals surface area contributed by atoms with Gasteiger partial charge in [0.05, 0.1) is 12.1 Å². The SMILES string of the molecule is CC1CCc2c(sc(NC(=O)C(C)Oc3ccc(C(C)(C)C)cc3)c2C(=O)NCCOC(=O)C(C)Oc2ccc(C(C)(C)C)cc2)C1. The maximum Gasteiger partial charge on any atom is 0.347 e. The number of hydrogen-bond acceptors (Lipinski definition) is 7. The molecule has 4 rings (SSSR count). The van der Waals surface area contributed by atoms with Gasteiger partial charge in [0.15, 0.2) is 12.2 Å². The monoisotopic (exact) mass is 662 g/mol. The smallest absolute Gasteiger partial charge is 0.347 e. The van der Waals surface area contributed by atoms with E-state index in [0.717, 1.165) is 29.7 Å². The molecule has 1 aliphatic carbocycles. The van der Waals surface area contributed by atoms with Gasteiger partial charge in [-0.3, -0.25) is 9.59 Å². The molecule has 1 heterocycles. The molecule has 2 N–H and O–H groups in total. The molecule has 0 aliphatic heterocycles. The number of carbonyl (C=O) groups excluding carboxylic acids is 3. The van der Waals surface area contributed by atoms with Gasteiger partial charge in [-0.2, -0.15) is 0 Å². The average Bonchev–Trinajstić information content (AvgIpc) is 3.35. The summed E-state index contributed by atoms with van der Waals surface area (Å²) in [6, 6.07) is 15.4. The van der Waals surface area contributed by atoms with Crippen molar-refractivity contribution < 1.29 is 28.6 Å². The van der Waals surface area contributed by atoms with Gasteiger partial charge in [-0.05, 0) is 90.8 Å². The fraction of sp³-hybridized carbons (Fsp3) is 0.500. The van der Waals surface area contributed by atoms with Gasteiger partial charge in [-0.1, -0.05) is 72.7 Å². The topological polar surface area (TPSA) is 103 Å². The summed E-state index contributed by atoms with van der Waals surface area (Å²) in [5.41, 5.74) is 3.84. The van der Waals surface area contributed by atoms with Crippen LogP contribution in [-0.2, 0) is 38.0 Å². The zero-order valence-electron chi connectivity index (χ0n) is 29.2. The van der Waals surface area contributed by atoms with Crippen molar-refractivity contribution in [3.05, 3.63) is 75.7 Å². The first-order chi connectivity index (χ1) is 22.0. The molecule has 47 heavy (non-hydrogen) atoms. The molecule has 254 valence electrons. The summed E-state index contributed by atoms with van der Waals surface area (Å²) in [5.74, 6) is 0.528. The molecule has 0 spiro atoms. The number of anilines is 1. The van der Waals surface area contributed by atoms with Gasteiger partial charge < -0.3 is 24.8 Å². The molecule has 8 nitrogen and oxygen atoms in total. The van der Waals surface area contributed by atoms with E-state index in [0.29, 0.717) is 28.0 Å². The van der Waals surface area contributed by atoms with Crippen molar-refractivity contribution in [3.63, 3.8) is 0 Å². The van der Waals surface area contributed by atoms with Crippen LogP contribution in [0, 0.1) is 5.92 Å². The second kappa shape index (κ2) is 14.9. The van der Waals surface area contributed by atoms with E-state index in [1.54, 1.807) is 13.8 Å². The van der Waals surface area contributed by atoms with E-state index in [1.165, 1.54) is 22.5 Å². The van der Waals surface area contributed by atoms with Crippen LogP contribution in [0.4, 0.5) is 5.00 Å². The van der Waals surface area contributed by atoms with Crippen molar-refractivity contribution in [2.45, 2.75) is 105 Å². The summed E-state index contributed by atoms with van der Waals surface area (Å²) in [4.78, 5) is 40.5. The highest BCUT2D eigenvalue weighted by molar-refractivity contribution is 7.17. The molecular formula is C38H50N2O6S. The van der Waals surface area contributed by atoms with Gasteiger partial charge in [-0.25, -0.2) is 4.79 Å². The molecule has 0 fully saturated rings. The summed E-state index contributed by atoms with van der Waals surface area (Å²) in [5, 5.41) is 6.36. The Morgan fingerprint density at radius 3 is 1.91 bits per heavy atom. The van der Waals surface area contributed by atoms with E-state index >= 15 is 0 Å². The van der Waals surface area contributed by atoms with Crippen LogP contribution < -0.4 is 20.1 Å². The van der Waals surface area contributed by atoms with Crippen LogP contribution in [-0.4, -0.2) is 43.1 Å². The number of benzene rings is 2. The molecule has 1 aliphatic rings. The quantitative estimate of drug-likeness (QED) is 0.162. The standard InChI is InChI=1S/C38H50N2O6S/c1-23-10-19-30-31(22-23)47-35(40-33(41)24(2)45-28-15-11-26(12-16-28)37(4,5)6)32(30)34(42)39-20-21-44-36(43)25(3)46-29-17-13-27(14-18-29)38(7,8)9/h11-18,23-25H,10,19-22H2,1-9H3,(H,39,42)(H,40,41). The lowest BCUT2D eigenvalue weighted by Crippen LogP contribution is -2.33. The minimum atomic E-state index is -0.806. The Hall–Kier alpha value is -3.85. The predicted molar refractivity (Wildman–Crippen MR) is 188 cm³/mol. The molecule has 0 bridgehead atoms. The second-order valence-corrected chi connectivity index (χ2v) is 15.6. The number of ether oxygens (including phenoxy) is 3. The molecule has 2 amide bonds. The summed E-state index contributed by atoms with van der Waals surface area (Å²) in [6.45, 7) is 18.5. The van der Waals surface area contributed by atoms with Crippen molar-refractivity contribution in [2.75, 3.05) is 18.5 Å². The van der Waals surface area contributed by atoms with Crippen LogP contribution in [0.2, 0.25) is 0 Å². The number of nitrogens with one attached hydrogen (secondary N) is 2. The Morgan fingerprint density at radius 2 is 1.38 bits per heavy atom. The first-order valence-corrected chi connectivity index (χ1v) is 17.3. The van der Waals surface area contributed by atoms with E-state index in [2.05, 4.69) is 59.1 Å². The van der Waals surface area contributed by atoms with Gasteiger partial charge in [0.1, 0.15) is 23.1 Å². The number of thiophene rings is 1. The Bertz CT molecular complexity index is 1550. The summed E-state index contributed by atoms with van der Waals surface area (Å²) >= 11 is 1.45. The highest BCUT2D eigenvalue weighted by atomic mass is 32.1.